The van der Waals surface area contributed by atoms with Crippen LogP contribution in [0, 0.1) is 11.3 Å². The highest BCUT2D eigenvalue weighted by Gasteiger charge is 2.15. The summed E-state index contributed by atoms with van der Waals surface area (Å²) in [6.45, 7) is 2.38. The predicted octanol–water partition coefficient (Wildman–Crippen LogP) is 3.68. The van der Waals surface area contributed by atoms with Gasteiger partial charge >= 0.3 is 0 Å². The van der Waals surface area contributed by atoms with Crippen molar-refractivity contribution in [1.82, 2.24) is 30.3 Å². The molecule has 0 saturated heterocycles. The number of pyridine rings is 1. The quantitative estimate of drug-likeness (QED) is 0.483. The number of amides is 1. The van der Waals surface area contributed by atoms with Crippen LogP contribution < -0.4 is 5.32 Å². The summed E-state index contributed by atoms with van der Waals surface area (Å²) < 4.78 is 1.75. The van der Waals surface area contributed by atoms with Gasteiger partial charge in [-0.2, -0.15) is 15.5 Å². The molecule has 0 aliphatic rings. The molecule has 4 rings (SSSR count). The Morgan fingerprint density at radius 3 is 2.87 bits per heavy atom. The van der Waals surface area contributed by atoms with Crippen LogP contribution in [0.2, 0.25) is 5.02 Å². The largest absolute Gasteiger partial charge is 0.346 e. The highest BCUT2D eigenvalue weighted by atomic mass is 35.5. The van der Waals surface area contributed by atoms with Crippen LogP contribution in [0.5, 0.6) is 0 Å². The molecule has 9 heteroatoms. The number of halogens is 1. The lowest BCUT2D eigenvalue weighted by atomic mass is 10.1. The molecule has 0 aliphatic carbocycles. The van der Waals surface area contributed by atoms with Crippen LogP contribution in [0.25, 0.3) is 22.5 Å². The molecule has 0 fully saturated rings. The molecule has 31 heavy (non-hydrogen) atoms. The molecule has 2 N–H and O–H groups in total. The highest BCUT2D eigenvalue weighted by Crippen LogP contribution is 2.24. The normalized spacial score (nSPS) is 11.6. The van der Waals surface area contributed by atoms with E-state index in [1.807, 2.05) is 37.4 Å². The smallest absolute Gasteiger partial charge is 0.269 e. The lowest BCUT2D eigenvalue weighted by Crippen LogP contribution is -2.36. The standard InChI is InChI=1S/C22H18ClN7O/c1-14(26-22(31)21-10-20(27-28-21)17-3-2-7-25-12-17)13-30-8-6-19(29-30)15-4-5-16(11-24)18(23)9-15/h2-10,12,14H,13H2,1H3,(H,26,31)(H,27,28)/t14-/m0/s1. The zero-order valence-electron chi connectivity index (χ0n) is 16.6. The maximum atomic E-state index is 12.5. The summed E-state index contributed by atoms with van der Waals surface area (Å²) >= 11 is 6.11. The van der Waals surface area contributed by atoms with Gasteiger partial charge in [0.25, 0.3) is 5.91 Å². The summed E-state index contributed by atoms with van der Waals surface area (Å²) in [5, 5.41) is 23.8. The molecule has 3 aromatic heterocycles. The summed E-state index contributed by atoms with van der Waals surface area (Å²) in [5.74, 6) is -0.249. The molecular weight excluding hydrogens is 414 g/mol. The van der Waals surface area contributed by atoms with Crippen LogP contribution in [-0.4, -0.2) is 36.9 Å². The Hall–Kier alpha value is -3.96. The summed E-state index contributed by atoms with van der Waals surface area (Å²) in [7, 11) is 0. The van der Waals surface area contributed by atoms with Gasteiger partial charge in [-0.25, -0.2) is 0 Å². The molecule has 154 valence electrons. The number of nitrogens with one attached hydrogen (secondary N) is 2. The number of hydrogen-bond donors (Lipinski definition) is 2. The van der Waals surface area contributed by atoms with Gasteiger partial charge in [0, 0.05) is 35.8 Å². The fourth-order valence-electron chi connectivity index (χ4n) is 3.11. The van der Waals surface area contributed by atoms with Crippen molar-refractivity contribution in [2.45, 2.75) is 19.5 Å². The van der Waals surface area contributed by atoms with E-state index in [1.54, 1.807) is 41.3 Å². The second-order valence-corrected chi connectivity index (χ2v) is 7.42. The van der Waals surface area contributed by atoms with E-state index in [2.05, 4.69) is 25.6 Å². The number of hydrogen-bond acceptors (Lipinski definition) is 5. The molecule has 1 atom stereocenters. The minimum atomic E-state index is -0.249. The van der Waals surface area contributed by atoms with Crippen LogP contribution in [0.15, 0.2) is 61.1 Å². The first kappa shape index (κ1) is 20.3. The molecule has 0 spiro atoms. The van der Waals surface area contributed by atoms with Crippen molar-refractivity contribution in [2.24, 2.45) is 0 Å². The molecule has 0 bridgehead atoms. The second-order valence-electron chi connectivity index (χ2n) is 7.01. The molecule has 1 aromatic carbocycles. The number of benzene rings is 1. The van der Waals surface area contributed by atoms with Crippen molar-refractivity contribution in [3.05, 3.63) is 77.3 Å². The average molecular weight is 432 g/mol. The molecule has 0 unspecified atom stereocenters. The van der Waals surface area contributed by atoms with Gasteiger partial charge < -0.3 is 5.32 Å². The Balaban J connectivity index is 1.39. The van der Waals surface area contributed by atoms with Crippen molar-refractivity contribution >= 4 is 17.5 Å². The lowest BCUT2D eigenvalue weighted by Gasteiger charge is -2.13. The molecule has 0 radical (unpaired) electrons. The molecule has 0 aliphatic heterocycles. The first-order chi connectivity index (χ1) is 15.0. The van der Waals surface area contributed by atoms with Crippen LogP contribution >= 0.6 is 11.6 Å². The maximum Gasteiger partial charge on any atom is 0.269 e. The van der Waals surface area contributed by atoms with E-state index in [0.717, 1.165) is 16.8 Å². The van der Waals surface area contributed by atoms with E-state index < -0.39 is 0 Å². The van der Waals surface area contributed by atoms with Crippen molar-refractivity contribution < 1.29 is 4.79 Å². The zero-order chi connectivity index (χ0) is 21.8. The van der Waals surface area contributed by atoms with Gasteiger partial charge in [0.1, 0.15) is 11.8 Å². The van der Waals surface area contributed by atoms with Crippen LogP contribution in [-0.2, 0) is 6.54 Å². The monoisotopic (exact) mass is 431 g/mol. The van der Waals surface area contributed by atoms with Gasteiger partial charge in [-0.05, 0) is 43.3 Å². The number of carbonyl (C=O) groups excluding carboxylic acids is 1. The number of aromatic amines is 1. The van der Waals surface area contributed by atoms with Gasteiger partial charge in [0.05, 0.1) is 28.5 Å². The van der Waals surface area contributed by atoms with Gasteiger partial charge in [-0.3, -0.25) is 19.6 Å². The van der Waals surface area contributed by atoms with E-state index >= 15 is 0 Å². The third kappa shape index (κ3) is 4.63. The molecule has 0 saturated carbocycles. The van der Waals surface area contributed by atoms with Gasteiger partial charge in [-0.1, -0.05) is 17.7 Å². The Labute approximate surface area is 183 Å². The molecule has 8 nitrogen and oxygen atoms in total. The number of rotatable bonds is 6. The van der Waals surface area contributed by atoms with E-state index in [0.29, 0.717) is 28.5 Å². The van der Waals surface area contributed by atoms with Gasteiger partial charge in [0.2, 0.25) is 0 Å². The molecule has 3 heterocycles. The predicted molar refractivity (Wildman–Crippen MR) is 116 cm³/mol. The zero-order valence-corrected chi connectivity index (χ0v) is 17.3. The maximum absolute atomic E-state index is 12.5. The van der Waals surface area contributed by atoms with Crippen molar-refractivity contribution in [2.75, 3.05) is 0 Å². The topological polar surface area (TPSA) is 112 Å². The number of nitrogens with zero attached hydrogens (tertiary/aromatic N) is 5. The number of H-pyrrole nitrogens is 1. The Morgan fingerprint density at radius 1 is 1.26 bits per heavy atom. The molecule has 1 amide bonds. The van der Waals surface area contributed by atoms with E-state index in [9.17, 15) is 4.79 Å². The minimum absolute atomic E-state index is 0.171. The van der Waals surface area contributed by atoms with Crippen LogP contribution in [0.4, 0.5) is 0 Å². The SMILES string of the molecule is C[C@@H](Cn1ccc(-c2ccc(C#N)c(Cl)c2)n1)NC(=O)c1cc(-c2cccnc2)n[nH]1. The third-order valence-electron chi connectivity index (χ3n) is 4.64. The third-order valence-corrected chi connectivity index (χ3v) is 4.96. The minimum Gasteiger partial charge on any atom is -0.346 e. The molecular formula is C22H18ClN7O. The fourth-order valence-corrected chi connectivity index (χ4v) is 3.33. The summed E-state index contributed by atoms with van der Waals surface area (Å²) in [4.78, 5) is 16.6. The number of aromatic nitrogens is 5. The van der Waals surface area contributed by atoms with Crippen molar-refractivity contribution in [1.29, 1.82) is 5.26 Å². The summed E-state index contributed by atoms with van der Waals surface area (Å²) in [6.07, 6.45) is 5.21. The highest BCUT2D eigenvalue weighted by molar-refractivity contribution is 6.32. The van der Waals surface area contributed by atoms with E-state index in [4.69, 9.17) is 16.9 Å². The second kappa shape index (κ2) is 8.81. The van der Waals surface area contributed by atoms with E-state index in [1.165, 1.54) is 0 Å². The molecule has 4 aromatic rings. The first-order valence-corrected chi connectivity index (χ1v) is 9.91. The fraction of sp³-hybridized carbons (Fsp3) is 0.136. The Bertz CT molecular complexity index is 1260. The van der Waals surface area contributed by atoms with Crippen LogP contribution in [0.1, 0.15) is 23.0 Å². The average Bonchev–Trinajstić information content (AvgIpc) is 3.44. The summed E-state index contributed by atoms with van der Waals surface area (Å²) in [6, 6.07) is 14.3. The van der Waals surface area contributed by atoms with Crippen molar-refractivity contribution in [3.63, 3.8) is 0 Å². The Kier molecular flexibility index (Phi) is 5.78. The van der Waals surface area contributed by atoms with E-state index in [-0.39, 0.29) is 11.9 Å². The lowest BCUT2D eigenvalue weighted by molar-refractivity contribution is 0.0931. The van der Waals surface area contributed by atoms with Gasteiger partial charge in [-0.15, -0.1) is 0 Å². The number of carbonyl (C=O) groups is 1. The first-order valence-electron chi connectivity index (χ1n) is 9.53. The van der Waals surface area contributed by atoms with Gasteiger partial charge in [0.15, 0.2) is 0 Å². The Morgan fingerprint density at radius 2 is 2.13 bits per heavy atom. The van der Waals surface area contributed by atoms with Crippen LogP contribution in [0.3, 0.4) is 0 Å². The van der Waals surface area contributed by atoms with Crippen molar-refractivity contribution in [3.8, 4) is 28.6 Å². The summed E-state index contributed by atoms with van der Waals surface area (Å²) in [5.41, 5.74) is 3.84. The number of nitriles is 1.